The summed E-state index contributed by atoms with van der Waals surface area (Å²) < 4.78 is 0. The van der Waals surface area contributed by atoms with Crippen molar-refractivity contribution in [3.8, 4) is 11.1 Å². The van der Waals surface area contributed by atoms with Gasteiger partial charge in [0.05, 0.1) is 24.1 Å². The van der Waals surface area contributed by atoms with Gasteiger partial charge in [-0.05, 0) is 30.5 Å². The Labute approximate surface area is 143 Å². The van der Waals surface area contributed by atoms with E-state index < -0.39 is 0 Å². The van der Waals surface area contributed by atoms with Gasteiger partial charge in [-0.1, -0.05) is 6.07 Å². The Morgan fingerprint density at radius 3 is 2.96 bits per heavy atom. The second-order valence-corrected chi connectivity index (χ2v) is 6.02. The minimum absolute atomic E-state index is 0.603. The van der Waals surface area contributed by atoms with Crippen LogP contribution in [0, 0.1) is 0 Å². The molecule has 2 N–H and O–H groups in total. The Balaban J connectivity index is 1.50. The lowest BCUT2D eigenvalue weighted by Gasteiger charge is -2.19. The van der Waals surface area contributed by atoms with E-state index in [-0.39, 0.29) is 0 Å². The summed E-state index contributed by atoms with van der Waals surface area (Å²) in [5, 5.41) is 11.3. The van der Waals surface area contributed by atoms with Gasteiger partial charge in [-0.3, -0.25) is 10.1 Å². The van der Waals surface area contributed by atoms with Crippen LogP contribution in [0.1, 0.15) is 17.0 Å². The number of H-pyrrole nitrogens is 1. The van der Waals surface area contributed by atoms with Crippen LogP contribution in [-0.2, 0) is 19.4 Å². The molecule has 0 atom stereocenters. The molecule has 0 aliphatic heterocycles. The average Bonchev–Trinajstić information content (AvgIpc) is 3.15. The number of nitrogens with zero attached hydrogens (tertiary/aromatic N) is 5. The Hall–Kier alpha value is -3.35. The van der Waals surface area contributed by atoms with Crippen molar-refractivity contribution >= 4 is 17.0 Å². The molecule has 1 aliphatic carbocycles. The fourth-order valence-electron chi connectivity index (χ4n) is 3.28. The number of aryl methyl sites for hydroxylation is 2. The molecule has 0 saturated heterocycles. The van der Waals surface area contributed by atoms with E-state index in [0.29, 0.717) is 12.5 Å². The summed E-state index contributed by atoms with van der Waals surface area (Å²) in [5.74, 6) is 0.630. The quantitative estimate of drug-likeness (QED) is 0.600. The molecule has 7 nitrogen and oxygen atoms in total. The molecule has 4 aromatic heterocycles. The summed E-state index contributed by atoms with van der Waals surface area (Å²) in [5.41, 5.74) is 6.25. The van der Waals surface area contributed by atoms with Crippen molar-refractivity contribution in [1.82, 2.24) is 30.1 Å². The van der Waals surface area contributed by atoms with Crippen molar-refractivity contribution in [2.75, 3.05) is 5.32 Å². The molecule has 5 rings (SSSR count). The van der Waals surface area contributed by atoms with Gasteiger partial charge in [0.15, 0.2) is 5.65 Å². The molecule has 4 heterocycles. The molecule has 4 aromatic rings. The molecule has 0 saturated carbocycles. The summed E-state index contributed by atoms with van der Waals surface area (Å²) in [6.07, 6.45) is 9.23. The molecule has 1 aliphatic rings. The van der Waals surface area contributed by atoms with Gasteiger partial charge in [0.25, 0.3) is 0 Å². The number of hydrogen-bond donors (Lipinski definition) is 2. The van der Waals surface area contributed by atoms with Gasteiger partial charge in [-0.2, -0.15) is 5.10 Å². The highest BCUT2D eigenvalue weighted by atomic mass is 15.1. The number of aromatic nitrogens is 6. The van der Waals surface area contributed by atoms with Crippen LogP contribution in [0.4, 0.5) is 5.95 Å². The summed E-state index contributed by atoms with van der Waals surface area (Å²) in [7, 11) is 0. The smallest absolute Gasteiger partial charge is 0.223 e. The third kappa shape index (κ3) is 2.40. The molecule has 0 fully saturated rings. The number of aromatic amines is 1. The fraction of sp³-hybridized carbons (Fsp3) is 0.167. The van der Waals surface area contributed by atoms with Gasteiger partial charge in [0.2, 0.25) is 5.95 Å². The summed E-state index contributed by atoms with van der Waals surface area (Å²) in [6, 6.07) is 5.85. The Kier molecular flexibility index (Phi) is 3.16. The van der Waals surface area contributed by atoms with Crippen LogP contribution in [0.5, 0.6) is 0 Å². The molecule has 25 heavy (non-hydrogen) atoms. The van der Waals surface area contributed by atoms with Gasteiger partial charge in [-0.15, -0.1) is 0 Å². The average molecular weight is 329 g/mol. The lowest BCUT2D eigenvalue weighted by atomic mass is 9.89. The molecule has 0 radical (unpaired) electrons. The van der Waals surface area contributed by atoms with E-state index in [1.54, 1.807) is 6.20 Å². The third-order valence-corrected chi connectivity index (χ3v) is 4.48. The second kappa shape index (κ2) is 5.62. The Morgan fingerprint density at radius 2 is 2.04 bits per heavy atom. The van der Waals surface area contributed by atoms with Crippen molar-refractivity contribution in [2.45, 2.75) is 19.4 Å². The zero-order chi connectivity index (χ0) is 16.6. The number of hydrogen-bond acceptors (Lipinski definition) is 6. The normalized spacial score (nSPS) is 12.6. The van der Waals surface area contributed by atoms with E-state index in [0.717, 1.165) is 46.4 Å². The Bertz CT molecular complexity index is 1060. The maximum absolute atomic E-state index is 4.72. The van der Waals surface area contributed by atoms with Gasteiger partial charge in [-0.25, -0.2) is 15.0 Å². The summed E-state index contributed by atoms with van der Waals surface area (Å²) >= 11 is 0. The first kappa shape index (κ1) is 14.0. The zero-order valence-corrected chi connectivity index (χ0v) is 13.4. The summed E-state index contributed by atoms with van der Waals surface area (Å²) in [4.78, 5) is 17.9. The molecule has 122 valence electrons. The molecule has 0 unspecified atom stereocenters. The molecule has 0 aromatic carbocycles. The van der Waals surface area contributed by atoms with Gasteiger partial charge < -0.3 is 5.32 Å². The van der Waals surface area contributed by atoms with Crippen LogP contribution < -0.4 is 5.32 Å². The van der Waals surface area contributed by atoms with E-state index in [1.165, 1.54) is 5.56 Å². The predicted molar refractivity (Wildman–Crippen MR) is 93.9 cm³/mol. The van der Waals surface area contributed by atoms with Crippen molar-refractivity contribution in [3.05, 3.63) is 59.9 Å². The molecule has 0 spiro atoms. The SMILES string of the molecule is c1ccc(CNc2ncc3c(n2)CCc2cnc4[nH]ncc4c2-3)nc1. The van der Waals surface area contributed by atoms with Crippen LogP contribution in [0.3, 0.4) is 0 Å². The van der Waals surface area contributed by atoms with Gasteiger partial charge >= 0.3 is 0 Å². The first-order valence-electron chi connectivity index (χ1n) is 8.19. The molecule has 0 bridgehead atoms. The number of pyridine rings is 2. The standard InChI is InChI=1S/C18H15N7/c1-2-6-19-12(3-1)8-21-18-22-9-13-15(24-18)5-4-11-7-20-17-14(16(11)13)10-23-25-17/h1-3,6-7,9-10H,4-5,8H2,(H,20,23,25)(H,21,22,24). The van der Waals surface area contributed by atoms with E-state index in [9.17, 15) is 0 Å². The maximum Gasteiger partial charge on any atom is 0.223 e. The predicted octanol–water partition coefficient (Wildman–Crippen LogP) is 2.52. The van der Waals surface area contributed by atoms with Crippen molar-refractivity contribution < 1.29 is 0 Å². The van der Waals surface area contributed by atoms with Crippen molar-refractivity contribution in [1.29, 1.82) is 0 Å². The lowest BCUT2D eigenvalue weighted by Crippen LogP contribution is -2.11. The van der Waals surface area contributed by atoms with E-state index in [2.05, 4.69) is 30.5 Å². The number of rotatable bonds is 3. The number of anilines is 1. The monoisotopic (exact) mass is 329 g/mol. The summed E-state index contributed by atoms with van der Waals surface area (Å²) in [6.45, 7) is 0.603. The molecule has 7 heteroatoms. The van der Waals surface area contributed by atoms with Gasteiger partial charge in [0, 0.05) is 35.1 Å². The van der Waals surface area contributed by atoms with Crippen molar-refractivity contribution in [2.24, 2.45) is 0 Å². The topological polar surface area (TPSA) is 92.3 Å². The second-order valence-electron chi connectivity index (χ2n) is 6.02. The largest absolute Gasteiger partial charge is 0.349 e. The van der Waals surface area contributed by atoms with Crippen LogP contribution in [0.2, 0.25) is 0 Å². The van der Waals surface area contributed by atoms with E-state index in [4.69, 9.17) is 4.98 Å². The first-order chi connectivity index (χ1) is 12.4. The highest BCUT2D eigenvalue weighted by molar-refractivity contribution is 5.95. The molecular formula is C18H15N7. The van der Waals surface area contributed by atoms with Crippen LogP contribution in [0.15, 0.2) is 43.0 Å². The van der Waals surface area contributed by atoms with Gasteiger partial charge in [0.1, 0.15) is 0 Å². The first-order valence-corrected chi connectivity index (χ1v) is 8.19. The minimum Gasteiger partial charge on any atom is -0.349 e. The minimum atomic E-state index is 0.603. The number of fused-ring (bicyclic) bond motifs is 5. The fourth-order valence-corrected chi connectivity index (χ4v) is 3.28. The van der Waals surface area contributed by atoms with Crippen molar-refractivity contribution in [3.63, 3.8) is 0 Å². The molecular weight excluding hydrogens is 314 g/mol. The third-order valence-electron chi connectivity index (χ3n) is 4.48. The molecule has 0 amide bonds. The number of nitrogens with one attached hydrogen (secondary N) is 2. The highest BCUT2D eigenvalue weighted by Gasteiger charge is 2.21. The highest BCUT2D eigenvalue weighted by Crippen LogP contribution is 2.36. The maximum atomic E-state index is 4.72. The van der Waals surface area contributed by atoms with Crippen LogP contribution in [0.25, 0.3) is 22.2 Å². The lowest BCUT2D eigenvalue weighted by molar-refractivity contribution is 0.875. The Morgan fingerprint density at radius 1 is 1.04 bits per heavy atom. The van der Waals surface area contributed by atoms with E-state index >= 15 is 0 Å². The van der Waals surface area contributed by atoms with Crippen LogP contribution >= 0.6 is 0 Å². The van der Waals surface area contributed by atoms with E-state index in [1.807, 2.05) is 36.8 Å². The van der Waals surface area contributed by atoms with Crippen LogP contribution in [-0.4, -0.2) is 30.1 Å². The zero-order valence-electron chi connectivity index (χ0n) is 13.4.